The lowest BCUT2D eigenvalue weighted by molar-refractivity contribution is 0.161. The second kappa shape index (κ2) is 6.69. The first-order chi connectivity index (χ1) is 10.4. The molecule has 3 N–H and O–H groups in total. The number of aryl methyl sites for hydroxylation is 2. The van der Waals surface area contributed by atoms with Crippen LogP contribution in [0.4, 0.5) is 4.79 Å². The molecule has 22 heavy (non-hydrogen) atoms. The van der Waals surface area contributed by atoms with E-state index in [-0.39, 0.29) is 18.7 Å². The molecule has 0 aliphatic heterocycles. The highest BCUT2D eigenvalue weighted by atomic mass is 16.3. The van der Waals surface area contributed by atoms with E-state index in [0.717, 1.165) is 49.1 Å². The number of aliphatic hydroxyl groups is 1. The molecule has 0 saturated heterocycles. The smallest absolute Gasteiger partial charge is 0.315 e. The minimum Gasteiger partial charge on any atom is -0.394 e. The van der Waals surface area contributed by atoms with Crippen LogP contribution in [0.3, 0.4) is 0 Å². The maximum Gasteiger partial charge on any atom is 0.315 e. The van der Waals surface area contributed by atoms with Crippen molar-refractivity contribution in [3.8, 4) is 0 Å². The van der Waals surface area contributed by atoms with Crippen LogP contribution in [-0.2, 0) is 7.05 Å². The monoisotopic (exact) mass is 308 g/mol. The minimum atomic E-state index is -0.443. The maximum absolute atomic E-state index is 12.4. The summed E-state index contributed by atoms with van der Waals surface area (Å²) in [7, 11) is 1.91. The van der Waals surface area contributed by atoms with Crippen LogP contribution in [0.1, 0.15) is 62.0 Å². The van der Waals surface area contributed by atoms with Crippen molar-refractivity contribution < 1.29 is 9.90 Å². The number of rotatable bonds is 5. The van der Waals surface area contributed by atoms with E-state index in [1.165, 1.54) is 0 Å². The maximum atomic E-state index is 12.4. The van der Waals surface area contributed by atoms with Gasteiger partial charge >= 0.3 is 6.03 Å². The zero-order valence-electron chi connectivity index (χ0n) is 14.1. The Labute approximate surface area is 132 Å². The molecule has 1 aliphatic rings. The van der Waals surface area contributed by atoms with E-state index in [2.05, 4.69) is 15.7 Å². The number of aromatic nitrogens is 2. The predicted octanol–water partition coefficient (Wildman–Crippen LogP) is 2.09. The number of nitrogens with one attached hydrogen (secondary N) is 2. The molecule has 1 aromatic rings. The Bertz CT molecular complexity index is 532. The second-order valence-electron chi connectivity index (χ2n) is 6.41. The highest BCUT2D eigenvalue weighted by Gasteiger charge is 2.35. The minimum absolute atomic E-state index is 0.00214. The van der Waals surface area contributed by atoms with Gasteiger partial charge in [-0.2, -0.15) is 5.10 Å². The summed E-state index contributed by atoms with van der Waals surface area (Å²) in [6, 6.07) is -0.267. The largest absolute Gasteiger partial charge is 0.394 e. The lowest BCUT2D eigenvalue weighted by atomic mass is 9.99. The van der Waals surface area contributed by atoms with Gasteiger partial charge in [0, 0.05) is 18.3 Å². The molecule has 1 fully saturated rings. The average molecular weight is 308 g/mol. The molecule has 2 amide bonds. The molecule has 1 aromatic heterocycles. The molecule has 0 bridgehead atoms. The quantitative estimate of drug-likeness (QED) is 0.779. The number of amides is 2. The molecule has 1 saturated carbocycles. The molecule has 1 heterocycles. The lowest BCUT2D eigenvalue weighted by Gasteiger charge is -2.29. The van der Waals surface area contributed by atoms with Crippen molar-refractivity contribution in [3.05, 3.63) is 17.0 Å². The van der Waals surface area contributed by atoms with Crippen LogP contribution in [-0.4, -0.2) is 33.1 Å². The molecule has 0 radical (unpaired) electrons. The van der Waals surface area contributed by atoms with Gasteiger partial charge in [-0.1, -0.05) is 19.8 Å². The second-order valence-corrected chi connectivity index (χ2v) is 6.41. The van der Waals surface area contributed by atoms with E-state index in [0.29, 0.717) is 0 Å². The SMILES string of the molecule is CCC(NC(=O)NC1(CO)CCCC1)c1c(C)nn(C)c1C. The lowest BCUT2D eigenvalue weighted by Crippen LogP contribution is -2.53. The normalized spacial score (nSPS) is 18.2. The molecular formula is C16H28N4O2. The van der Waals surface area contributed by atoms with Crippen molar-refractivity contribution in [1.29, 1.82) is 0 Å². The number of hydrogen-bond acceptors (Lipinski definition) is 3. The van der Waals surface area contributed by atoms with Crippen molar-refractivity contribution in [2.24, 2.45) is 7.05 Å². The Morgan fingerprint density at radius 2 is 2.05 bits per heavy atom. The van der Waals surface area contributed by atoms with Gasteiger partial charge in [-0.3, -0.25) is 4.68 Å². The number of aliphatic hydroxyl groups excluding tert-OH is 1. The van der Waals surface area contributed by atoms with Crippen molar-refractivity contribution in [3.63, 3.8) is 0 Å². The summed E-state index contributed by atoms with van der Waals surface area (Å²) in [6.45, 7) is 6.04. The van der Waals surface area contributed by atoms with Crippen molar-refractivity contribution in [2.45, 2.75) is 64.5 Å². The van der Waals surface area contributed by atoms with Gasteiger partial charge in [0.15, 0.2) is 0 Å². The molecule has 1 atom stereocenters. The fraction of sp³-hybridized carbons (Fsp3) is 0.750. The number of carbonyl (C=O) groups is 1. The van der Waals surface area contributed by atoms with E-state index >= 15 is 0 Å². The van der Waals surface area contributed by atoms with Gasteiger partial charge in [0.05, 0.1) is 23.9 Å². The molecule has 0 aromatic carbocycles. The zero-order chi connectivity index (χ0) is 16.3. The molecule has 2 rings (SSSR count). The number of nitrogens with zero attached hydrogens (tertiary/aromatic N) is 2. The van der Waals surface area contributed by atoms with E-state index < -0.39 is 5.54 Å². The topological polar surface area (TPSA) is 79.2 Å². The van der Waals surface area contributed by atoms with Crippen LogP contribution in [0.25, 0.3) is 0 Å². The summed E-state index contributed by atoms with van der Waals surface area (Å²) in [5, 5.41) is 20.1. The van der Waals surface area contributed by atoms with Gasteiger partial charge in [0.2, 0.25) is 0 Å². The highest BCUT2D eigenvalue weighted by molar-refractivity contribution is 5.75. The zero-order valence-corrected chi connectivity index (χ0v) is 14.1. The molecular weight excluding hydrogens is 280 g/mol. The first-order valence-electron chi connectivity index (χ1n) is 8.12. The molecule has 1 aliphatic carbocycles. The van der Waals surface area contributed by atoms with Gasteiger partial charge in [-0.25, -0.2) is 4.79 Å². The number of urea groups is 1. The Morgan fingerprint density at radius 1 is 1.41 bits per heavy atom. The number of hydrogen-bond donors (Lipinski definition) is 3. The molecule has 6 heteroatoms. The highest BCUT2D eigenvalue weighted by Crippen LogP contribution is 2.29. The third-order valence-corrected chi connectivity index (χ3v) is 4.87. The van der Waals surface area contributed by atoms with Crippen LogP contribution in [0, 0.1) is 13.8 Å². The first-order valence-corrected chi connectivity index (χ1v) is 8.12. The standard InChI is InChI=1S/C16H28N4O2/c1-5-13(14-11(2)19-20(4)12(14)3)17-15(22)18-16(10-21)8-6-7-9-16/h13,21H,5-10H2,1-4H3,(H2,17,18,22). The van der Waals surface area contributed by atoms with Crippen molar-refractivity contribution in [1.82, 2.24) is 20.4 Å². The molecule has 0 spiro atoms. The summed E-state index contributed by atoms with van der Waals surface area (Å²) in [6.07, 6.45) is 4.60. The summed E-state index contributed by atoms with van der Waals surface area (Å²) in [5.41, 5.74) is 2.67. The van der Waals surface area contributed by atoms with Crippen LogP contribution in [0.5, 0.6) is 0 Å². The summed E-state index contributed by atoms with van der Waals surface area (Å²) < 4.78 is 1.85. The van der Waals surface area contributed by atoms with Gasteiger partial charge in [0.1, 0.15) is 0 Å². The van der Waals surface area contributed by atoms with E-state index in [1.54, 1.807) is 0 Å². The molecule has 6 nitrogen and oxygen atoms in total. The van der Waals surface area contributed by atoms with Crippen LogP contribution < -0.4 is 10.6 Å². The Morgan fingerprint density at radius 3 is 2.50 bits per heavy atom. The first kappa shape index (κ1) is 16.8. The summed E-state index contributed by atoms with van der Waals surface area (Å²) >= 11 is 0. The predicted molar refractivity (Wildman–Crippen MR) is 85.7 cm³/mol. The van der Waals surface area contributed by atoms with Crippen molar-refractivity contribution in [2.75, 3.05) is 6.61 Å². The fourth-order valence-electron chi connectivity index (χ4n) is 3.48. The van der Waals surface area contributed by atoms with Gasteiger partial charge in [-0.05, 0) is 33.1 Å². The molecule has 124 valence electrons. The van der Waals surface area contributed by atoms with Crippen molar-refractivity contribution >= 4 is 6.03 Å². The fourth-order valence-corrected chi connectivity index (χ4v) is 3.48. The van der Waals surface area contributed by atoms with Crippen LogP contribution in [0.2, 0.25) is 0 Å². The summed E-state index contributed by atoms with van der Waals surface area (Å²) in [4.78, 5) is 12.4. The van der Waals surface area contributed by atoms with E-state index in [4.69, 9.17) is 0 Å². The summed E-state index contributed by atoms with van der Waals surface area (Å²) in [5.74, 6) is 0. The third-order valence-electron chi connectivity index (χ3n) is 4.87. The Kier molecular flexibility index (Phi) is 5.11. The van der Waals surface area contributed by atoms with Gasteiger partial charge in [-0.15, -0.1) is 0 Å². The number of carbonyl (C=O) groups excluding carboxylic acids is 1. The third kappa shape index (κ3) is 3.27. The Hall–Kier alpha value is -1.56. The van der Waals surface area contributed by atoms with Crippen LogP contribution in [0.15, 0.2) is 0 Å². The average Bonchev–Trinajstić information content (AvgIpc) is 3.03. The van der Waals surface area contributed by atoms with Gasteiger partial charge < -0.3 is 15.7 Å². The van der Waals surface area contributed by atoms with Crippen LogP contribution >= 0.6 is 0 Å². The van der Waals surface area contributed by atoms with E-state index in [1.807, 2.05) is 32.5 Å². The van der Waals surface area contributed by atoms with E-state index in [9.17, 15) is 9.90 Å². The van der Waals surface area contributed by atoms with Gasteiger partial charge in [0.25, 0.3) is 0 Å². The molecule has 1 unspecified atom stereocenters. The Balaban J connectivity index is 2.08.